The lowest BCUT2D eigenvalue weighted by Gasteiger charge is -2.32. The Morgan fingerprint density at radius 3 is 2.82 bits per heavy atom. The van der Waals surface area contributed by atoms with Gasteiger partial charge in [-0.15, -0.1) is 0 Å². The Hall–Kier alpha value is -2.10. The van der Waals surface area contributed by atoms with Crippen molar-refractivity contribution in [2.45, 2.75) is 25.7 Å². The molecule has 3 rings (SSSR count). The van der Waals surface area contributed by atoms with E-state index in [2.05, 4.69) is 4.98 Å². The summed E-state index contributed by atoms with van der Waals surface area (Å²) >= 11 is 0. The minimum atomic E-state index is -0.191. The van der Waals surface area contributed by atoms with Crippen molar-refractivity contribution in [2.75, 3.05) is 13.1 Å². The zero-order valence-electron chi connectivity index (χ0n) is 12.6. The molecule has 1 fully saturated rings. The molecule has 1 aromatic heterocycles. The van der Waals surface area contributed by atoms with E-state index in [0.29, 0.717) is 11.6 Å². The minimum absolute atomic E-state index is 0.0940. The fraction of sp³-hybridized carbons (Fsp3) is 0.389. The van der Waals surface area contributed by atoms with Crippen LogP contribution in [0.5, 0.6) is 0 Å². The Kier molecular flexibility index (Phi) is 4.56. The second-order valence-electron chi connectivity index (χ2n) is 6.01. The second-order valence-corrected chi connectivity index (χ2v) is 6.01. The summed E-state index contributed by atoms with van der Waals surface area (Å²) < 4.78 is 12.9. The van der Waals surface area contributed by atoms with Crippen molar-refractivity contribution >= 4 is 5.91 Å². The Balaban J connectivity index is 1.54. The quantitative estimate of drug-likeness (QED) is 0.919. The van der Waals surface area contributed by atoms with Gasteiger partial charge in [0.25, 0.3) is 5.91 Å². The molecule has 2 heterocycles. The predicted octanol–water partition coefficient (Wildman–Crippen LogP) is 3.64. The highest BCUT2D eigenvalue weighted by Crippen LogP contribution is 2.22. The SMILES string of the molecule is O=C(c1ccc[nH]1)N1CCC[C@H](CCc2ccc(F)cc2)C1. The van der Waals surface area contributed by atoms with Crippen molar-refractivity contribution < 1.29 is 9.18 Å². The molecule has 0 aliphatic carbocycles. The minimum Gasteiger partial charge on any atom is -0.357 e. The predicted molar refractivity (Wildman–Crippen MR) is 84.1 cm³/mol. The van der Waals surface area contributed by atoms with Gasteiger partial charge in [-0.25, -0.2) is 4.39 Å². The Morgan fingerprint density at radius 1 is 1.27 bits per heavy atom. The maximum atomic E-state index is 12.9. The first-order chi connectivity index (χ1) is 10.7. The Morgan fingerprint density at radius 2 is 2.09 bits per heavy atom. The number of aromatic nitrogens is 1. The number of likely N-dealkylation sites (tertiary alicyclic amines) is 1. The smallest absolute Gasteiger partial charge is 0.270 e. The van der Waals surface area contributed by atoms with Crippen LogP contribution in [0.1, 0.15) is 35.3 Å². The monoisotopic (exact) mass is 300 g/mol. The van der Waals surface area contributed by atoms with E-state index in [-0.39, 0.29) is 11.7 Å². The molecule has 116 valence electrons. The molecule has 1 aliphatic heterocycles. The summed E-state index contributed by atoms with van der Waals surface area (Å²) in [5, 5.41) is 0. The van der Waals surface area contributed by atoms with E-state index in [1.54, 1.807) is 6.20 Å². The molecule has 1 amide bonds. The van der Waals surface area contributed by atoms with E-state index in [1.807, 2.05) is 29.2 Å². The number of amides is 1. The van der Waals surface area contributed by atoms with Crippen molar-refractivity contribution in [1.82, 2.24) is 9.88 Å². The number of rotatable bonds is 4. The normalized spacial score (nSPS) is 18.4. The number of nitrogens with zero attached hydrogens (tertiary/aromatic N) is 1. The number of carbonyl (C=O) groups is 1. The van der Waals surface area contributed by atoms with Gasteiger partial charge < -0.3 is 9.88 Å². The summed E-state index contributed by atoms with van der Waals surface area (Å²) in [6.45, 7) is 1.66. The standard InChI is InChI=1S/C18H21FN2O/c19-16-9-7-14(8-10-16)5-6-15-3-2-12-21(13-15)18(22)17-4-1-11-20-17/h1,4,7-11,15,20H,2-3,5-6,12-13H2/t15-/m1/s1. The number of hydrogen-bond acceptors (Lipinski definition) is 1. The molecule has 22 heavy (non-hydrogen) atoms. The van der Waals surface area contributed by atoms with Gasteiger partial charge in [0.15, 0.2) is 0 Å². The highest BCUT2D eigenvalue weighted by atomic mass is 19.1. The van der Waals surface area contributed by atoms with Gasteiger partial charge in [-0.3, -0.25) is 4.79 Å². The fourth-order valence-corrected chi connectivity index (χ4v) is 3.14. The third kappa shape index (κ3) is 3.56. The summed E-state index contributed by atoms with van der Waals surface area (Å²) in [4.78, 5) is 17.3. The number of carbonyl (C=O) groups excluding carboxylic acids is 1. The molecule has 2 aromatic rings. The molecule has 0 spiro atoms. The van der Waals surface area contributed by atoms with Gasteiger partial charge >= 0.3 is 0 Å². The number of aromatic amines is 1. The lowest BCUT2D eigenvalue weighted by atomic mass is 9.91. The summed E-state index contributed by atoms with van der Waals surface area (Å²) in [6.07, 6.45) is 5.98. The first-order valence-electron chi connectivity index (χ1n) is 7.89. The highest BCUT2D eigenvalue weighted by Gasteiger charge is 2.24. The van der Waals surface area contributed by atoms with Gasteiger partial charge in [0, 0.05) is 19.3 Å². The number of aryl methyl sites for hydroxylation is 1. The zero-order valence-corrected chi connectivity index (χ0v) is 12.6. The third-order valence-corrected chi connectivity index (χ3v) is 4.39. The summed E-state index contributed by atoms with van der Waals surface area (Å²) in [6, 6.07) is 10.4. The number of hydrogen-bond donors (Lipinski definition) is 1. The summed E-state index contributed by atoms with van der Waals surface area (Å²) in [7, 11) is 0. The first-order valence-corrected chi connectivity index (χ1v) is 7.89. The molecule has 1 aliphatic rings. The first kappa shape index (κ1) is 14.8. The number of nitrogens with one attached hydrogen (secondary N) is 1. The summed E-state index contributed by atoms with van der Waals surface area (Å²) in [5.41, 5.74) is 1.83. The number of halogens is 1. The fourth-order valence-electron chi connectivity index (χ4n) is 3.14. The Labute approximate surface area is 130 Å². The third-order valence-electron chi connectivity index (χ3n) is 4.39. The molecular formula is C18H21FN2O. The zero-order chi connectivity index (χ0) is 15.4. The van der Waals surface area contributed by atoms with E-state index in [0.717, 1.165) is 44.3 Å². The number of H-pyrrole nitrogens is 1. The molecule has 1 atom stereocenters. The van der Waals surface area contributed by atoms with Crippen LogP contribution in [-0.4, -0.2) is 28.9 Å². The largest absolute Gasteiger partial charge is 0.357 e. The lowest BCUT2D eigenvalue weighted by molar-refractivity contribution is 0.0663. The molecule has 0 unspecified atom stereocenters. The van der Waals surface area contributed by atoms with E-state index < -0.39 is 0 Å². The van der Waals surface area contributed by atoms with Crippen LogP contribution < -0.4 is 0 Å². The van der Waals surface area contributed by atoms with Gasteiger partial charge in [0.1, 0.15) is 11.5 Å². The van der Waals surface area contributed by atoms with E-state index in [1.165, 1.54) is 12.1 Å². The van der Waals surface area contributed by atoms with Crippen LogP contribution in [0.25, 0.3) is 0 Å². The maximum absolute atomic E-state index is 12.9. The van der Waals surface area contributed by atoms with E-state index in [4.69, 9.17) is 0 Å². The molecule has 0 bridgehead atoms. The molecule has 1 saturated heterocycles. The van der Waals surface area contributed by atoms with Crippen LogP contribution in [-0.2, 0) is 6.42 Å². The van der Waals surface area contributed by atoms with Gasteiger partial charge in [-0.2, -0.15) is 0 Å². The van der Waals surface area contributed by atoms with Crippen molar-refractivity contribution in [1.29, 1.82) is 0 Å². The van der Waals surface area contributed by atoms with Crippen molar-refractivity contribution in [3.05, 3.63) is 59.7 Å². The van der Waals surface area contributed by atoms with Crippen molar-refractivity contribution in [3.63, 3.8) is 0 Å². The van der Waals surface area contributed by atoms with Crippen LogP contribution in [0.15, 0.2) is 42.6 Å². The second kappa shape index (κ2) is 6.77. The van der Waals surface area contributed by atoms with E-state index >= 15 is 0 Å². The maximum Gasteiger partial charge on any atom is 0.270 e. The van der Waals surface area contributed by atoms with Crippen molar-refractivity contribution in [2.24, 2.45) is 5.92 Å². The Bertz CT molecular complexity index is 607. The van der Waals surface area contributed by atoms with Crippen LogP contribution in [0, 0.1) is 11.7 Å². The van der Waals surface area contributed by atoms with Crippen LogP contribution >= 0.6 is 0 Å². The number of piperidine rings is 1. The van der Waals surface area contributed by atoms with E-state index in [9.17, 15) is 9.18 Å². The molecule has 1 aromatic carbocycles. The average Bonchev–Trinajstić information content (AvgIpc) is 3.08. The number of benzene rings is 1. The molecule has 3 nitrogen and oxygen atoms in total. The van der Waals surface area contributed by atoms with Gasteiger partial charge in [-0.05, 0) is 61.4 Å². The highest BCUT2D eigenvalue weighted by molar-refractivity contribution is 5.92. The van der Waals surface area contributed by atoms with Gasteiger partial charge in [0.2, 0.25) is 0 Å². The molecular weight excluding hydrogens is 279 g/mol. The van der Waals surface area contributed by atoms with Crippen molar-refractivity contribution in [3.8, 4) is 0 Å². The van der Waals surface area contributed by atoms with Gasteiger partial charge in [0.05, 0.1) is 0 Å². The van der Waals surface area contributed by atoms with Crippen LogP contribution in [0.2, 0.25) is 0 Å². The van der Waals surface area contributed by atoms with Crippen LogP contribution in [0.3, 0.4) is 0 Å². The molecule has 0 radical (unpaired) electrons. The molecule has 0 saturated carbocycles. The summed E-state index contributed by atoms with van der Waals surface area (Å²) in [5.74, 6) is 0.429. The topological polar surface area (TPSA) is 36.1 Å². The molecule has 1 N–H and O–H groups in total. The lowest BCUT2D eigenvalue weighted by Crippen LogP contribution is -2.40. The average molecular weight is 300 g/mol. The molecule has 4 heteroatoms. The van der Waals surface area contributed by atoms with Crippen LogP contribution in [0.4, 0.5) is 4.39 Å². The van der Waals surface area contributed by atoms with Gasteiger partial charge in [-0.1, -0.05) is 12.1 Å².